The average Bonchev–Trinajstić information content (AvgIpc) is 3.10. The molecule has 3 heterocycles. The van der Waals surface area contributed by atoms with Crippen molar-refractivity contribution >= 4 is 56.1 Å². The van der Waals surface area contributed by atoms with Gasteiger partial charge in [0.1, 0.15) is 0 Å². The molecule has 0 radical (unpaired) electrons. The number of fused-ring (bicyclic) bond motifs is 3. The van der Waals surface area contributed by atoms with Crippen molar-refractivity contribution in [1.82, 2.24) is 9.97 Å². The van der Waals surface area contributed by atoms with Crippen molar-refractivity contribution in [3.8, 4) is 0 Å². The first-order valence-corrected chi connectivity index (χ1v) is 7.43. The Bertz CT molecular complexity index is 818. The van der Waals surface area contributed by atoms with E-state index in [1.54, 1.807) is 22.4 Å². The Labute approximate surface area is 116 Å². The first kappa shape index (κ1) is 10.8. The number of hydrogen-bond acceptors (Lipinski definition) is 5. The highest BCUT2D eigenvalue weighted by atomic mass is 32.1. The fraction of sp³-hybridized carbons (Fsp3) is 0. The lowest BCUT2D eigenvalue weighted by molar-refractivity contribution is -0.110. The fourth-order valence-corrected chi connectivity index (χ4v) is 3.54. The van der Waals surface area contributed by atoms with Crippen LogP contribution in [-0.4, -0.2) is 15.9 Å². The lowest BCUT2D eigenvalue weighted by Crippen LogP contribution is -2.03. The first-order chi connectivity index (χ1) is 9.33. The molecule has 1 aliphatic rings. The van der Waals surface area contributed by atoms with Gasteiger partial charge in [0.05, 0.1) is 38.2 Å². The molecule has 0 fully saturated rings. The second kappa shape index (κ2) is 3.97. The molecule has 0 unspecified atom stereocenters. The van der Waals surface area contributed by atoms with Gasteiger partial charge in [-0.2, -0.15) is 0 Å². The van der Waals surface area contributed by atoms with Gasteiger partial charge < -0.3 is 5.32 Å². The lowest BCUT2D eigenvalue weighted by Gasteiger charge is -1.99. The van der Waals surface area contributed by atoms with Gasteiger partial charge >= 0.3 is 0 Å². The van der Waals surface area contributed by atoms with Crippen molar-refractivity contribution in [3.05, 3.63) is 39.8 Å². The number of aromatic nitrogens is 2. The summed E-state index contributed by atoms with van der Waals surface area (Å²) >= 11 is 3.06. The van der Waals surface area contributed by atoms with E-state index in [1.807, 2.05) is 23.6 Å². The van der Waals surface area contributed by atoms with Gasteiger partial charge in [0.2, 0.25) is 0 Å². The van der Waals surface area contributed by atoms with Crippen molar-refractivity contribution in [3.63, 3.8) is 0 Å². The van der Waals surface area contributed by atoms with Crippen LogP contribution in [0.25, 0.3) is 21.9 Å². The van der Waals surface area contributed by atoms with Crippen LogP contribution < -0.4 is 5.32 Å². The van der Waals surface area contributed by atoms with Gasteiger partial charge in [-0.25, -0.2) is 9.97 Å². The van der Waals surface area contributed by atoms with E-state index in [0.29, 0.717) is 5.57 Å². The van der Waals surface area contributed by atoms with Gasteiger partial charge in [0, 0.05) is 10.9 Å². The molecule has 6 heteroatoms. The molecule has 1 aromatic carbocycles. The molecule has 0 atom stereocenters. The molecule has 19 heavy (non-hydrogen) atoms. The van der Waals surface area contributed by atoms with E-state index in [2.05, 4.69) is 15.3 Å². The third-order valence-electron chi connectivity index (χ3n) is 3.01. The Morgan fingerprint density at radius 2 is 2.16 bits per heavy atom. The van der Waals surface area contributed by atoms with Crippen LogP contribution in [0.15, 0.2) is 28.5 Å². The zero-order valence-corrected chi connectivity index (χ0v) is 11.2. The Morgan fingerprint density at radius 3 is 3.00 bits per heavy atom. The SMILES string of the molecule is O=C1Nc2ccc3ncsc3c2/C1=C/c1cscn1. The maximum atomic E-state index is 12.1. The number of carbonyl (C=O) groups excluding carboxylic acids is 1. The van der Waals surface area contributed by atoms with Crippen LogP contribution in [0, 0.1) is 0 Å². The predicted octanol–water partition coefficient (Wildman–Crippen LogP) is 3.25. The Morgan fingerprint density at radius 1 is 1.21 bits per heavy atom. The maximum absolute atomic E-state index is 12.1. The zero-order chi connectivity index (χ0) is 12.8. The monoisotopic (exact) mass is 285 g/mol. The summed E-state index contributed by atoms with van der Waals surface area (Å²) in [5, 5.41) is 4.81. The minimum atomic E-state index is -0.0797. The predicted molar refractivity (Wildman–Crippen MR) is 78.2 cm³/mol. The summed E-state index contributed by atoms with van der Waals surface area (Å²) in [5.74, 6) is -0.0797. The van der Waals surface area contributed by atoms with E-state index in [9.17, 15) is 4.79 Å². The normalized spacial score (nSPS) is 16.0. The van der Waals surface area contributed by atoms with Gasteiger partial charge in [-0.3, -0.25) is 4.79 Å². The molecule has 0 spiro atoms. The number of benzene rings is 1. The number of anilines is 1. The lowest BCUT2D eigenvalue weighted by atomic mass is 10.1. The molecular weight excluding hydrogens is 278 g/mol. The Kier molecular flexibility index (Phi) is 2.27. The molecule has 4 nitrogen and oxygen atoms in total. The minimum Gasteiger partial charge on any atom is -0.321 e. The summed E-state index contributed by atoms with van der Waals surface area (Å²) in [4.78, 5) is 20.6. The van der Waals surface area contributed by atoms with Crippen LogP contribution in [0.4, 0.5) is 5.69 Å². The van der Waals surface area contributed by atoms with E-state index in [4.69, 9.17) is 0 Å². The van der Waals surface area contributed by atoms with Crippen molar-refractivity contribution in [2.75, 3.05) is 5.32 Å². The second-order valence-corrected chi connectivity index (χ2v) is 5.69. The summed E-state index contributed by atoms with van der Waals surface area (Å²) in [6.07, 6.45) is 1.83. The zero-order valence-electron chi connectivity index (χ0n) is 9.58. The number of carbonyl (C=O) groups is 1. The number of amides is 1. The summed E-state index contributed by atoms with van der Waals surface area (Å²) in [6.45, 7) is 0. The van der Waals surface area contributed by atoms with Gasteiger partial charge in [0.15, 0.2) is 0 Å². The molecule has 0 bridgehead atoms. The molecule has 0 saturated carbocycles. The highest BCUT2D eigenvalue weighted by molar-refractivity contribution is 7.17. The number of thiazole rings is 2. The molecule has 1 N–H and O–H groups in total. The average molecular weight is 285 g/mol. The number of hydrogen-bond donors (Lipinski definition) is 1. The molecule has 1 amide bonds. The van der Waals surface area contributed by atoms with Gasteiger partial charge in [-0.05, 0) is 18.2 Å². The second-order valence-electron chi connectivity index (χ2n) is 4.11. The van der Waals surface area contributed by atoms with Crippen molar-refractivity contribution in [1.29, 1.82) is 0 Å². The third kappa shape index (κ3) is 1.61. The highest BCUT2D eigenvalue weighted by Gasteiger charge is 2.27. The van der Waals surface area contributed by atoms with Gasteiger partial charge in [0.25, 0.3) is 5.91 Å². The summed E-state index contributed by atoms with van der Waals surface area (Å²) in [6, 6.07) is 3.83. The quantitative estimate of drug-likeness (QED) is 0.698. The number of nitrogens with one attached hydrogen (secondary N) is 1. The van der Waals surface area contributed by atoms with Crippen molar-refractivity contribution in [2.24, 2.45) is 0 Å². The van der Waals surface area contributed by atoms with Crippen LogP contribution >= 0.6 is 22.7 Å². The van der Waals surface area contributed by atoms with Gasteiger partial charge in [-0.1, -0.05) is 0 Å². The maximum Gasteiger partial charge on any atom is 0.256 e. The van der Waals surface area contributed by atoms with Gasteiger partial charge in [-0.15, -0.1) is 22.7 Å². The summed E-state index contributed by atoms with van der Waals surface area (Å²) in [5.41, 5.74) is 7.74. The number of rotatable bonds is 1. The fourth-order valence-electron chi connectivity index (χ4n) is 2.18. The van der Waals surface area contributed by atoms with Crippen LogP contribution in [0.5, 0.6) is 0 Å². The minimum absolute atomic E-state index is 0.0797. The molecule has 3 aromatic rings. The van der Waals surface area contributed by atoms with E-state index in [-0.39, 0.29) is 5.91 Å². The van der Waals surface area contributed by atoms with Crippen LogP contribution in [0.1, 0.15) is 11.3 Å². The van der Waals surface area contributed by atoms with E-state index in [1.165, 1.54) is 11.3 Å². The largest absolute Gasteiger partial charge is 0.321 e. The van der Waals surface area contributed by atoms with E-state index < -0.39 is 0 Å². The molecular formula is C13H7N3OS2. The Hall–Kier alpha value is -2.05. The van der Waals surface area contributed by atoms with Crippen LogP contribution in [0.3, 0.4) is 0 Å². The highest BCUT2D eigenvalue weighted by Crippen LogP contribution is 2.39. The third-order valence-corrected chi connectivity index (χ3v) is 4.47. The van der Waals surface area contributed by atoms with Crippen LogP contribution in [0.2, 0.25) is 0 Å². The van der Waals surface area contributed by atoms with Crippen molar-refractivity contribution < 1.29 is 4.79 Å². The topological polar surface area (TPSA) is 54.9 Å². The first-order valence-electron chi connectivity index (χ1n) is 5.61. The van der Waals surface area contributed by atoms with E-state index >= 15 is 0 Å². The molecule has 4 rings (SSSR count). The van der Waals surface area contributed by atoms with Crippen LogP contribution in [-0.2, 0) is 4.79 Å². The molecule has 92 valence electrons. The molecule has 2 aromatic heterocycles. The van der Waals surface area contributed by atoms with Crippen molar-refractivity contribution in [2.45, 2.75) is 0 Å². The molecule has 1 aliphatic heterocycles. The standard InChI is InChI=1S/C13H7N3OS2/c17-13-8(3-7-4-18-5-14-7)11-9(16-13)1-2-10-12(11)19-6-15-10/h1-6H,(H,16,17)/b8-3-. The molecule has 0 aliphatic carbocycles. The molecule has 0 saturated heterocycles. The Balaban J connectivity index is 2.00. The number of nitrogens with zero attached hydrogens (tertiary/aromatic N) is 2. The van der Waals surface area contributed by atoms with E-state index in [0.717, 1.165) is 27.2 Å². The summed E-state index contributed by atoms with van der Waals surface area (Å²) < 4.78 is 1.04. The smallest absolute Gasteiger partial charge is 0.256 e. The summed E-state index contributed by atoms with van der Waals surface area (Å²) in [7, 11) is 0.